The summed E-state index contributed by atoms with van der Waals surface area (Å²) < 4.78 is 0. The summed E-state index contributed by atoms with van der Waals surface area (Å²) in [6, 6.07) is 16.3. The van der Waals surface area contributed by atoms with Crippen LogP contribution in [0.4, 0.5) is 11.4 Å². The largest absolute Gasteiger partial charge is 0.473 e. The molecule has 0 bridgehead atoms. The smallest absolute Gasteiger partial charge is 0.414 e. The van der Waals surface area contributed by atoms with Gasteiger partial charge in [0, 0.05) is 69.0 Å². The van der Waals surface area contributed by atoms with Crippen molar-refractivity contribution in [2.45, 2.75) is 19.3 Å². The fourth-order valence-electron chi connectivity index (χ4n) is 4.34. The van der Waals surface area contributed by atoms with Gasteiger partial charge in [-0.1, -0.05) is 24.3 Å². The fourth-order valence-corrected chi connectivity index (χ4v) is 4.34. The van der Waals surface area contributed by atoms with E-state index in [1.54, 1.807) is 11.0 Å². The van der Waals surface area contributed by atoms with Gasteiger partial charge >= 0.3 is 11.9 Å². The number of hydrogen-bond donors (Lipinski definition) is 2. The molecule has 0 aromatic heterocycles. The quantitative estimate of drug-likeness (QED) is 0.343. The van der Waals surface area contributed by atoms with Crippen molar-refractivity contribution in [3.8, 4) is 0 Å². The van der Waals surface area contributed by atoms with Gasteiger partial charge in [0.2, 0.25) is 5.91 Å². The number of carbonyl (C=O) groups excluding carboxylic acids is 2. The van der Waals surface area contributed by atoms with Crippen LogP contribution in [0.5, 0.6) is 0 Å². The number of benzene rings is 2. The Kier molecular flexibility index (Phi) is 9.35. The first-order chi connectivity index (χ1) is 17.3. The molecule has 4 rings (SSSR count). The lowest BCUT2D eigenvalue weighted by Gasteiger charge is -2.36. The van der Waals surface area contributed by atoms with E-state index in [1.165, 1.54) is 5.69 Å². The minimum absolute atomic E-state index is 0.121. The monoisotopic (exact) mass is 493 g/mol. The highest BCUT2D eigenvalue weighted by Gasteiger charge is 2.24. The summed E-state index contributed by atoms with van der Waals surface area (Å²) in [7, 11) is 0. The van der Waals surface area contributed by atoms with Crippen LogP contribution in [-0.4, -0.2) is 78.0 Å². The number of piperazine rings is 1. The zero-order valence-corrected chi connectivity index (χ0v) is 20.1. The summed E-state index contributed by atoms with van der Waals surface area (Å²) in [6.45, 7) is 8.98. The number of aliphatic carboxylic acids is 2. The third-order valence-electron chi connectivity index (χ3n) is 6.24. The Labute approximate surface area is 210 Å². The number of para-hydroxylation sites is 1. The Hall–Kier alpha value is -3.98. The highest BCUT2D eigenvalue weighted by molar-refractivity contribution is 6.27. The molecule has 36 heavy (non-hydrogen) atoms. The molecule has 9 heteroatoms. The van der Waals surface area contributed by atoms with E-state index in [2.05, 4.69) is 40.6 Å². The second kappa shape index (κ2) is 12.6. The Morgan fingerprint density at radius 1 is 0.917 bits per heavy atom. The van der Waals surface area contributed by atoms with Gasteiger partial charge in [-0.05, 0) is 42.3 Å². The van der Waals surface area contributed by atoms with Crippen LogP contribution in [-0.2, 0) is 20.8 Å². The molecule has 9 nitrogen and oxygen atoms in total. The fraction of sp³-hybridized carbons (Fsp3) is 0.333. The molecule has 0 saturated carbocycles. The van der Waals surface area contributed by atoms with Crippen molar-refractivity contribution in [1.82, 2.24) is 4.90 Å². The molecule has 1 fully saturated rings. The number of fused-ring (bicyclic) bond motifs is 1. The molecule has 1 saturated heterocycles. The number of carboxylic acid groups (broad SMARTS) is 2. The molecule has 0 aliphatic carbocycles. The van der Waals surface area contributed by atoms with Gasteiger partial charge in [0.15, 0.2) is 5.78 Å². The maximum Gasteiger partial charge on any atom is 0.414 e. The van der Waals surface area contributed by atoms with Crippen molar-refractivity contribution < 1.29 is 29.4 Å². The predicted octanol–water partition coefficient (Wildman–Crippen LogP) is 2.70. The zero-order chi connectivity index (χ0) is 26.1. The average Bonchev–Trinajstić information content (AvgIpc) is 2.90. The normalized spacial score (nSPS) is 15.4. The van der Waals surface area contributed by atoms with E-state index in [0.29, 0.717) is 25.8 Å². The summed E-state index contributed by atoms with van der Waals surface area (Å²) in [5.74, 6) is -3.35. The van der Waals surface area contributed by atoms with Crippen LogP contribution in [0.15, 0.2) is 61.2 Å². The molecule has 2 N–H and O–H groups in total. The van der Waals surface area contributed by atoms with E-state index in [9.17, 15) is 9.59 Å². The molecule has 0 spiro atoms. The average molecular weight is 494 g/mol. The van der Waals surface area contributed by atoms with Gasteiger partial charge in [0.25, 0.3) is 0 Å². The predicted molar refractivity (Wildman–Crippen MR) is 137 cm³/mol. The summed E-state index contributed by atoms with van der Waals surface area (Å²) >= 11 is 0. The molecule has 0 atom stereocenters. The third kappa shape index (κ3) is 7.02. The molecule has 2 aliphatic rings. The highest BCUT2D eigenvalue weighted by Crippen LogP contribution is 2.29. The van der Waals surface area contributed by atoms with Crippen LogP contribution in [0.25, 0.3) is 0 Å². The van der Waals surface area contributed by atoms with Crippen LogP contribution < -0.4 is 9.80 Å². The molecule has 2 aromatic rings. The van der Waals surface area contributed by atoms with Crippen LogP contribution in [0.1, 0.15) is 28.8 Å². The zero-order valence-electron chi connectivity index (χ0n) is 20.1. The molecular weight excluding hydrogens is 462 g/mol. The van der Waals surface area contributed by atoms with Gasteiger partial charge in [0.05, 0.1) is 0 Å². The van der Waals surface area contributed by atoms with Gasteiger partial charge in [-0.15, -0.1) is 6.58 Å². The Morgan fingerprint density at radius 2 is 1.58 bits per heavy atom. The van der Waals surface area contributed by atoms with Crippen molar-refractivity contribution in [3.63, 3.8) is 0 Å². The molecular formula is C27H31N3O6. The van der Waals surface area contributed by atoms with Crippen molar-refractivity contribution in [2.75, 3.05) is 49.1 Å². The van der Waals surface area contributed by atoms with Gasteiger partial charge in [0.1, 0.15) is 0 Å². The number of Topliss-reactive ketones (excluding diaryl/α,β-unsaturated/α-hetero) is 1. The summed E-state index contributed by atoms with van der Waals surface area (Å²) in [5.41, 5.74) is 4.02. The second-order valence-corrected chi connectivity index (χ2v) is 8.58. The van der Waals surface area contributed by atoms with Gasteiger partial charge in [-0.2, -0.15) is 0 Å². The van der Waals surface area contributed by atoms with Crippen molar-refractivity contribution in [3.05, 3.63) is 72.3 Å². The number of carbonyl (C=O) groups is 4. The van der Waals surface area contributed by atoms with E-state index >= 15 is 0 Å². The van der Waals surface area contributed by atoms with E-state index in [1.807, 2.05) is 24.3 Å². The van der Waals surface area contributed by atoms with Gasteiger partial charge < -0.3 is 20.0 Å². The number of nitrogens with zero attached hydrogens (tertiary/aromatic N) is 3. The Balaban J connectivity index is 0.000000538. The first kappa shape index (κ1) is 26.6. The van der Waals surface area contributed by atoms with Crippen molar-refractivity contribution in [1.29, 1.82) is 0 Å². The molecule has 190 valence electrons. The van der Waals surface area contributed by atoms with Crippen LogP contribution in [0.3, 0.4) is 0 Å². The Bertz CT molecular complexity index is 1100. The SMILES string of the molecule is C=CCN1C(=O)CCc2cc(C(=O)CCN3CCN(c4ccccc4)CC3)ccc21.O=C(O)C(=O)O. The maximum atomic E-state index is 12.8. The number of ketones is 1. The van der Waals surface area contributed by atoms with E-state index in [4.69, 9.17) is 19.8 Å². The molecule has 1 amide bonds. The minimum atomic E-state index is -1.82. The molecule has 2 aromatic carbocycles. The topological polar surface area (TPSA) is 118 Å². The Morgan fingerprint density at radius 3 is 2.19 bits per heavy atom. The standard InChI is InChI=1S/C25H29N3O2.C2H2O4/c1-2-13-28-23-10-8-21(19-20(23)9-11-25(28)30)24(29)12-14-26-15-17-27(18-16-26)22-6-4-3-5-7-22;3-1(4)2(5)6/h2-8,10,19H,1,9,11-18H2;(H,3,4)(H,5,6). The van der Waals surface area contributed by atoms with E-state index in [0.717, 1.165) is 49.5 Å². The number of aryl methyl sites for hydroxylation is 1. The molecule has 2 aliphatic heterocycles. The maximum absolute atomic E-state index is 12.8. The molecule has 0 radical (unpaired) electrons. The number of carboxylic acids is 2. The lowest BCUT2D eigenvalue weighted by Crippen LogP contribution is -2.46. The number of amides is 1. The lowest BCUT2D eigenvalue weighted by molar-refractivity contribution is -0.159. The third-order valence-corrected chi connectivity index (χ3v) is 6.24. The summed E-state index contributed by atoms with van der Waals surface area (Å²) in [6.07, 6.45) is 3.46. The molecule has 2 heterocycles. The van der Waals surface area contributed by atoms with Crippen molar-refractivity contribution in [2.24, 2.45) is 0 Å². The number of anilines is 2. The second-order valence-electron chi connectivity index (χ2n) is 8.58. The first-order valence-electron chi connectivity index (χ1n) is 11.9. The lowest BCUT2D eigenvalue weighted by atomic mass is 9.96. The molecule has 0 unspecified atom stereocenters. The van der Waals surface area contributed by atoms with E-state index in [-0.39, 0.29) is 11.7 Å². The van der Waals surface area contributed by atoms with Gasteiger partial charge in [-0.3, -0.25) is 14.5 Å². The van der Waals surface area contributed by atoms with Gasteiger partial charge in [-0.25, -0.2) is 9.59 Å². The van der Waals surface area contributed by atoms with E-state index < -0.39 is 11.9 Å². The van der Waals surface area contributed by atoms with Crippen LogP contribution >= 0.6 is 0 Å². The summed E-state index contributed by atoms with van der Waals surface area (Å²) in [4.78, 5) is 49.7. The first-order valence-corrected chi connectivity index (χ1v) is 11.9. The number of rotatable bonds is 7. The summed E-state index contributed by atoms with van der Waals surface area (Å²) in [5, 5.41) is 14.8. The van der Waals surface area contributed by atoms with Crippen LogP contribution in [0.2, 0.25) is 0 Å². The number of hydrogen-bond acceptors (Lipinski definition) is 6. The van der Waals surface area contributed by atoms with Crippen molar-refractivity contribution >= 4 is 35.0 Å². The van der Waals surface area contributed by atoms with Crippen LogP contribution in [0, 0.1) is 0 Å². The minimum Gasteiger partial charge on any atom is -0.473 e. The highest BCUT2D eigenvalue weighted by atomic mass is 16.4.